The molecule has 7 nitrogen and oxygen atoms in total. The average molecular weight is 279 g/mol. The van der Waals surface area contributed by atoms with E-state index in [0.717, 1.165) is 0 Å². The van der Waals surface area contributed by atoms with Crippen LogP contribution in [0, 0.1) is 11.8 Å². The minimum atomic E-state index is -0.477. The molecule has 8 heteroatoms. The Balaban J connectivity index is 2.51. The van der Waals surface area contributed by atoms with E-state index in [4.69, 9.17) is 5.73 Å². The molecule has 0 aromatic carbocycles. The second-order valence-corrected chi connectivity index (χ2v) is 4.73. The SMILES string of the molecule is Cn1c(SCC#CCN)nc2c1c(=O)[nH]c(=O)n2C. The first kappa shape index (κ1) is 13.5. The third-order valence-electron chi connectivity index (χ3n) is 2.59. The summed E-state index contributed by atoms with van der Waals surface area (Å²) < 4.78 is 2.97. The van der Waals surface area contributed by atoms with Gasteiger partial charge in [-0.15, -0.1) is 0 Å². The van der Waals surface area contributed by atoms with E-state index in [1.807, 2.05) is 0 Å². The molecule has 100 valence electrons. The second-order valence-electron chi connectivity index (χ2n) is 3.79. The van der Waals surface area contributed by atoms with Crippen molar-refractivity contribution < 1.29 is 0 Å². The predicted molar refractivity (Wildman–Crippen MR) is 74.1 cm³/mol. The van der Waals surface area contributed by atoms with Gasteiger partial charge in [-0.25, -0.2) is 9.78 Å². The van der Waals surface area contributed by atoms with Crippen molar-refractivity contribution >= 4 is 22.9 Å². The Kier molecular flexibility index (Phi) is 3.78. The lowest BCUT2D eigenvalue weighted by Gasteiger charge is -1.98. The largest absolute Gasteiger partial charge is 0.329 e. The maximum absolute atomic E-state index is 11.8. The summed E-state index contributed by atoms with van der Waals surface area (Å²) in [6.45, 7) is 0.317. The quantitative estimate of drug-likeness (QED) is 0.543. The van der Waals surface area contributed by atoms with E-state index < -0.39 is 11.2 Å². The molecule has 19 heavy (non-hydrogen) atoms. The molecule has 0 saturated heterocycles. The zero-order chi connectivity index (χ0) is 14.0. The third-order valence-corrected chi connectivity index (χ3v) is 3.51. The van der Waals surface area contributed by atoms with E-state index in [9.17, 15) is 9.59 Å². The Morgan fingerprint density at radius 3 is 2.74 bits per heavy atom. The van der Waals surface area contributed by atoms with Crippen molar-refractivity contribution in [3.05, 3.63) is 20.8 Å². The highest BCUT2D eigenvalue weighted by molar-refractivity contribution is 7.99. The van der Waals surface area contributed by atoms with Crippen LogP contribution >= 0.6 is 11.8 Å². The number of thioether (sulfide) groups is 1. The summed E-state index contributed by atoms with van der Waals surface area (Å²) in [5.74, 6) is 6.15. The topological polar surface area (TPSA) is 98.7 Å². The van der Waals surface area contributed by atoms with Gasteiger partial charge in [-0.05, 0) is 0 Å². The molecule has 2 heterocycles. The van der Waals surface area contributed by atoms with Gasteiger partial charge in [0.2, 0.25) is 0 Å². The molecule has 3 N–H and O–H groups in total. The van der Waals surface area contributed by atoms with Crippen molar-refractivity contribution in [3.8, 4) is 11.8 Å². The first-order valence-electron chi connectivity index (χ1n) is 5.50. The molecular weight excluding hydrogens is 266 g/mol. The molecule has 0 aliphatic heterocycles. The van der Waals surface area contributed by atoms with Gasteiger partial charge in [0.25, 0.3) is 5.56 Å². The van der Waals surface area contributed by atoms with Crippen molar-refractivity contribution in [2.75, 3.05) is 12.3 Å². The molecule has 0 amide bonds. The summed E-state index contributed by atoms with van der Waals surface area (Å²) in [5, 5.41) is 0.632. The number of hydrogen-bond donors (Lipinski definition) is 2. The van der Waals surface area contributed by atoms with Gasteiger partial charge >= 0.3 is 5.69 Å². The zero-order valence-electron chi connectivity index (χ0n) is 10.6. The summed E-state index contributed by atoms with van der Waals surface area (Å²) >= 11 is 1.39. The monoisotopic (exact) mass is 279 g/mol. The van der Waals surface area contributed by atoms with Crippen molar-refractivity contribution in [3.63, 3.8) is 0 Å². The van der Waals surface area contributed by atoms with Crippen LogP contribution in [-0.4, -0.2) is 31.4 Å². The van der Waals surface area contributed by atoms with Crippen LogP contribution in [-0.2, 0) is 14.1 Å². The van der Waals surface area contributed by atoms with Gasteiger partial charge < -0.3 is 10.3 Å². The van der Waals surface area contributed by atoms with Crippen molar-refractivity contribution in [1.29, 1.82) is 0 Å². The lowest BCUT2D eigenvalue weighted by Crippen LogP contribution is -2.29. The molecule has 0 radical (unpaired) electrons. The Labute approximate surface area is 112 Å². The number of rotatable bonds is 2. The molecule has 0 bridgehead atoms. The van der Waals surface area contributed by atoms with Crippen molar-refractivity contribution in [2.45, 2.75) is 5.16 Å². The Hall–Kier alpha value is -1.98. The fourth-order valence-corrected chi connectivity index (χ4v) is 2.38. The van der Waals surface area contributed by atoms with Crippen LogP contribution in [0.3, 0.4) is 0 Å². The zero-order valence-corrected chi connectivity index (χ0v) is 11.4. The molecule has 0 spiro atoms. The molecule has 0 saturated carbocycles. The molecule has 2 aromatic heterocycles. The number of nitrogens with one attached hydrogen (secondary N) is 1. The van der Waals surface area contributed by atoms with E-state index in [2.05, 4.69) is 21.8 Å². The van der Waals surface area contributed by atoms with Gasteiger partial charge in [-0.3, -0.25) is 14.3 Å². The molecule has 2 rings (SSSR count). The first-order chi connectivity index (χ1) is 9.06. The second kappa shape index (κ2) is 5.34. The number of imidazole rings is 1. The molecule has 0 unspecified atom stereocenters. The van der Waals surface area contributed by atoms with E-state index in [1.165, 1.54) is 16.3 Å². The molecular formula is C11H13N5O2S. The van der Waals surface area contributed by atoms with E-state index >= 15 is 0 Å². The number of nitrogens with two attached hydrogens (primary N) is 1. The molecule has 0 atom stereocenters. The summed E-state index contributed by atoms with van der Waals surface area (Å²) in [7, 11) is 3.30. The predicted octanol–water partition coefficient (Wildman–Crippen LogP) is -0.985. The fourth-order valence-electron chi connectivity index (χ4n) is 1.64. The lowest BCUT2D eigenvalue weighted by molar-refractivity contribution is 0.812. The van der Waals surface area contributed by atoms with Crippen LogP contribution < -0.4 is 17.0 Å². The number of hydrogen-bond acceptors (Lipinski definition) is 5. The van der Waals surface area contributed by atoms with Crippen LogP contribution in [0.25, 0.3) is 11.2 Å². The summed E-state index contributed by atoms with van der Waals surface area (Å²) in [6, 6.07) is 0. The molecule has 2 aromatic rings. The van der Waals surface area contributed by atoms with Crippen LogP contribution in [0.15, 0.2) is 14.7 Å². The Morgan fingerprint density at radius 2 is 2.05 bits per heavy atom. The van der Waals surface area contributed by atoms with Crippen LogP contribution in [0.2, 0.25) is 0 Å². The highest BCUT2D eigenvalue weighted by Crippen LogP contribution is 2.19. The highest BCUT2D eigenvalue weighted by atomic mass is 32.2. The van der Waals surface area contributed by atoms with Gasteiger partial charge in [-0.2, -0.15) is 0 Å². The molecule has 0 aliphatic carbocycles. The normalized spacial score (nSPS) is 10.5. The Morgan fingerprint density at radius 1 is 1.32 bits per heavy atom. The minimum Gasteiger partial charge on any atom is -0.320 e. The van der Waals surface area contributed by atoms with Crippen LogP contribution in [0.1, 0.15) is 0 Å². The fraction of sp³-hybridized carbons (Fsp3) is 0.364. The maximum atomic E-state index is 11.8. The van der Waals surface area contributed by atoms with Gasteiger partial charge in [0.1, 0.15) is 0 Å². The smallest absolute Gasteiger partial charge is 0.320 e. The number of aromatic nitrogens is 4. The minimum absolute atomic E-state index is 0.317. The third kappa shape index (κ3) is 2.43. The van der Waals surface area contributed by atoms with Gasteiger partial charge in [0.05, 0.1) is 12.3 Å². The van der Waals surface area contributed by atoms with E-state index in [1.54, 1.807) is 18.7 Å². The number of aromatic amines is 1. The average Bonchev–Trinajstić information content (AvgIpc) is 2.70. The number of nitrogens with zero attached hydrogens (tertiary/aromatic N) is 3. The van der Waals surface area contributed by atoms with Gasteiger partial charge in [-0.1, -0.05) is 23.6 Å². The van der Waals surface area contributed by atoms with Gasteiger partial charge in [0, 0.05) is 14.1 Å². The molecule has 0 fully saturated rings. The number of H-pyrrole nitrogens is 1. The summed E-state index contributed by atoms with van der Waals surface area (Å²) in [6.07, 6.45) is 0. The molecule has 0 aliphatic rings. The number of fused-ring (bicyclic) bond motifs is 1. The standard InChI is InChI=1S/C11H13N5O2S/c1-15-7-8(16(2)10(18)14-9(7)17)13-11(15)19-6-4-3-5-12/h5-6,12H2,1-2H3,(H,14,17,18). The lowest BCUT2D eigenvalue weighted by atomic mass is 10.5. The summed E-state index contributed by atoms with van der Waals surface area (Å²) in [4.78, 5) is 29.8. The Bertz CT molecular complexity index is 789. The van der Waals surface area contributed by atoms with Crippen molar-refractivity contribution in [2.24, 2.45) is 19.8 Å². The highest BCUT2D eigenvalue weighted by Gasteiger charge is 2.14. The van der Waals surface area contributed by atoms with Crippen LogP contribution in [0.5, 0.6) is 0 Å². The van der Waals surface area contributed by atoms with E-state index in [-0.39, 0.29) is 0 Å². The van der Waals surface area contributed by atoms with E-state index in [0.29, 0.717) is 28.6 Å². The first-order valence-corrected chi connectivity index (χ1v) is 6.49. The van der Waals surface area contributed by atoms with Gasteiger partial charge in [0.15, 0.2) is 16.3 Å². The van der Waals surface area contributed by atoms with Crippen molar-refractivity contribution in [1.82, 2.24) is 19.1 Å². The van der Waals surface area contributed by atoms with Crippen LogP contribution in [0.4, 0.5) is 0 Å². The maximum Gasteiger partial charge on any atom is 0.329 e. The number of aryl methyl sites for hydroxylation is 2. The summed E-state index contributed by atoms with van der Waals surface area (Å²) in [5.41, 5.74) is 5.09.